The van der Waals surface area contributed by atoms with E-state index in [2.05, 4.69) is 0 Å². The summed E-state index contributed by atoms with van der Waals surface area (Å²) in [4.78, 5) is 0. The fraction of sp³-hybridized carbons (Fsp3) is 0.200. The molecule has 2 nitrogen and oxygen atoms in total. The van der Waals surface area contributed by atoms with Gasteiger partial charge in [0.05, 0.1) is 18.9 Å². The molecule has 0 saturated heterocycles. The highest BCUT2D eigenvalue weighted by Gasteiger charge is 2.06. The van der Waals surface area contributed by atoms with Gasteiger partial charge < -0.3 is 9.47 Å². The van der Waals surface area contributed by atoms with Gasteiger partial charge in [0, 0.05) is 5.39 Å². The minimum Gasteiger partial charge on any atom is -0.496 e. The molecule has 0 spiro atoms. The molecule has 0 atom stereocenters. The van der Waals surface area contributed by atoms with Crippen molar-refractivity contribution in [2.45, 2.75) is 0 Å². The highest BCUT2D eigenvalue weighted by Crippen LogP contribution is 2.36. The third-order valence-electron chi connectivity index (χ3n) is 1.98. The molecular formula is C10H10O2S. The fourth-order valence-corrected chi connectivity index (χ4v) is 2.25. The molecule has 3 heteroatoms. The Balaban J connectivity index is 2.74. The molecule has 0 fully saturated rings. The topological polar surface area (TPSA) is 18.5 Å². The Kier molecular flexibility index (Phi) is 2.10. The van der Waals surface area contributed by atoms with Crippen molar-refractivity contribution in [3.05, 3.63) is 23.6 Å². The van der Waals surface area contributed by atoms with Crippen molar-refractivity contribution >= 4 is 21.4 Å². The van der Waals surface area contributed by atoms with Crippen LogP contribution in [0.3, 0.4) is 0 Å². The summed E-state index contributed by atoms with van der Waals surface area (Å²) < 4.78 is 11.6. The highest BCUT2D eigenvalue weighted by atomic mass is 32.1. The van der Waals surface area contributed by atoms with Crippen molar-refractivity contribution in [2.75, 3.05) is 14.2 Å². The molecular weight excluding hydrogens is 184 g/mol. The molecule has 2 aromatic rings. The Bertz CT molecular complexity index is 382. The van der Waals surface area contributed by atoms with Gasteiger partial charge in [-0.25, -0.2) is 0 Å². The van der Waals surface area contributed by atoms with Crippen molar-refractivity contribution < 1.29 is 9.47 Å². The van der Waals surface area contributed by atoms with E-state index in [0.717, 1.165) is 21.6 Å². The van der Waals surface area contributed by atoms with Crippen molar-refractivity contribution in [3.8, 4) is 11.5 Å². The summed E-state index contributed by atoms with van der Waals surface area (Å²) in [6, 6.07) is 5.90. The Labute approximate surface area is 80.7 Å². The van der Waals surface area contributed by atoms with Crippen LogP contribution in [0.25, 0.3) is 10.1 Å². The zero-order valence-corrected chi connectivity index (χ0v) is 8.35. The monoisotopic (exact) mass is 194 g/mol. The first-order valence-electron chi connectivity index (χ1n) is 3.95. The first kappa shape index (κ1) is 8.38. The second-order valence-electron chi connectivity index (χ2n) is 2.63. The van der Waals surface area contributed by atoms with Crippen LogP contribution < -0.4 is 9.47 Å². The Morgan fingerprint density at radius 2 is 1.69 bits per heavy atom. The van der Waals surface area contributed by atoms with Crippen molar-refractivity contribution in [3.63, 3.8) is 0 Å². The molecule has 0 aliphatic rings. The quantitative estimate of drug-likeness (QED) is 0.731. The van der Waals surface area contributed by atoms with Gasteiger partial charge in [-0.2, -0.15) is 0 Å². The number of thiophene rings is 1. The summed E-state index contributed by atoms with van der Waals surface area (Å²) in [5.74, 6) is 1.81. The van der Waals surface area contributed by atoms with E-state index in [1.54, 1.807) is 25.6 Å². The van der Waals surface area contributed by atoms with Gasteiger partial charge >= 0.3 is 0 Å². The van der Waals surface area contributed by atoms with Crippen LogP contribution in [-0.4, -0.2) is 14.2 Å². The average Bonchev–Trinajstić information content (AvgIpc) is 2.64. The Morgan fingerprint density at radius 3 is 2.38 bits per heavy atom. The largest absolute Gasteiger partial charge is 0.496 e. The Hall–Kier alpha value is -1.22. The van der Waals surface area contributed by atoms with Gasteiger partial charge in [0.2, 0.25) is 0 Å². The molecule has 13 heavy (non-hydrogen) atoms. The van der Waals surface area contributed by atoms with Crippen LogP contribution in [0.15, 0.2) is 23.6 Å². The van der Waals surface area contributed by atoms with Crippen LogP contribution in [0.2, 0.25) is 0 Å². The van der Waals surface area contributed by atoms with E-state index in [-0.39, 0.29) is 0 Å². The number of methoxy groups -OCH3 is 2. The number of hydrogen-bond donors (Lipinski definition) is 0. The lowest BCUT2D eigenvalue weighted by molar-refractivity contribution is 0.411. The molecule has 0 aliphatic carbocycles. The third kappa shape index (κ3) is 1.25. The van der Waals surface area contributed by atoms with Gasteiger partial charge in [0.15, 0.2) is 0 Å². The van der Waals surface area contributed by atoms with Gasteiger partial charge in [-0.3, -0.25) is 0 Å². The predicted molar refractivity (Wildman–Crippen MR) is 54.9 cm³/mol. The van der Waals surface area contributed by atoms with E-state index < -0.39 is 0 Å². The summed E-state index contributed by atoms with van der Waals surface area (Å²) in [7, 11) is 3.36. The van der Waals surface area contributed by atoms with Crippen LogP contribution in [0.1, 0.15) is 0 Å². The van der Waals surface area contributed by atoms with Crippen molar-refractivity contribution in [1.29, 1.82) is 0 Å². The summed E-state index contributed by atoms with van der Waals surface area (Å²) in [6.07, 6.45) is 0. The first-order chi connectivity index (χ1) is 6.36. The molecule has 0 unspecified atom stereocenters. The third-order valence-corrected chi connectivity index (χ3v) is 2.91. The number of benzene rings is 1. The van der Waals surface area contributed by atoms with Crippen LogP contribution in [0, 0.1) is 0 Å². The normalized spacial score (nSPS) is 10.3. The number of hydrogen-bond acceptors (Lipinski definition) is 3. The van der Waals surface area contributed by atoms with E-state index in [9.17, 15) is 0 Å². The molecule has 1 aromatic carbocycles. The molecule has 0 bridgehead atoms. The van der Waals surface area contributed by atoms with Gasteiger partial charge in [-0.1, -0.05) is 0 Å². The van der Waals surface area contributed by atoms with Crippen molar-refractivity contribution in [1.82, 2.24) is 0 Å². The highest BCUT2D eigenvalue weighted by molar-refractivity contribution is 7.17. The van der Waals surface area contributed by atoms with Crippen LogP contribution in [0.5, 0.6) is 11.5 Å². The van der Waals surface area contributed by atoms with E-state index in [4.69, 9.17) is 9.47 Å². The predicted octanol–water partition coefficient (Wildman–Crippen LogP) is 2.92. The van der Waals surface area contributed by atoms with E-state index in [0.29, 0.717) is 0 Å². The fourth-order valence-electron chi connectivity index (χ4n) is 1.35. The number of ether oxygens (including phenoxy) is 2. The molecule has 0 radical (unpaired) electrons. The summed E-state index contributed by atoms with van der Waals surface area (Å²) in [6.45, 7) is 0. The zero-order chi connectivity index (χ0) is 9.26. The molecule has 2 rings (SSSR count). The van der Waals surface area contributed by atoms with Gasteiger partial charge in [0.25, 0.3) is 0 Å². The molecule has 0 saturated carbocycles. The lowest BCUT2D eigenvalue weighted by Crippen LogP contribution is -1.86. The maximum absolute atomic E-state index is 5.24. The van der Waals surface area contributed by atoms with Gasteiger partial charge in [0.1, 0.15) is 11.5 Å². The lowest BCUT2D eigenvalue weighted by Gasteiger charge is -2.05. The van der Waals surface area contributed by atoms with Crippen LogP contribution >= 0.6 is 11.3 Å². The van der Waals surface area contributed by atoms with Crippen molar-refractivity contribution in [2.24, 2.45) is 0 Å². The maximum Gasteiger partial charge on any atom is 0.136 e. The van der Waals surface area contributed by atoms with E-state index in [1.807, 2.05) is 23.6 Å². The zero-order valence-electron chi connectivity index (χ0n) is 7.53. The minimum atomic E-state index is 0.900. The van der Waals surface area contributed by atoms with Gasteiger partial charge in [-0.15, -0.1) is 11.3 Å². The molecule has 1 heterocycles. The number of fused-ring (bicyclic) bond motifs is 1. The summed E-state index contributed by atoms with van der Waals surface area (Å²) in [5.41, 5.74) is 0. The van der Waals surface area contributed by atoms with Crippen LogP contribution in [-0.2, 0) is 0 Å². The standard InChI is InChI=1S/C10H10O2S/c1-11-8-3-4-9(12-2)10-7(8)5-6-13-10/h3-6H,1-2H3. The summed E-state index contributed by atoms with van der Waals surface area (Å²) >= 11 is 1.66. The number of rotatable bonds is 2. The second-order valence-corrected chi connectivity index (χ2v) is 3.55. The van der Waals surface area contributed by atoms with Crippen LogP contribution in [0.4, 0.5) is 0 Å². The minimum absolute atomic E-state index is 0.900. The lowest BCUT2D eigenvalue weighted by atomic mass is 10.2. The SMILES string of the molecule is COc1ccc(OC)c2sccc12. The molecule has 1 aromatic heterocycles. The second kappa shape index (κ2) is 3.26. The molecule has 68 valence electrons. The van der Waals surface area contributed by atoms with E-state index >= 15 is 0 Å². The average molecular weight is 194 g/mol. The molecule has 0 amide bonds. The van der Waals surface area contributed by atoms with Gasteiger partial charge in [-0.05, 0) is 23.6 Å². The summed E-state index contributed by atoms with van der Waals surface area (Å²) in [5, 5.41) is 3.15. The Morgan fingerprint density at radius 1 is 1.00 bits per heavy atom. The molecule has 0 aliphatic heterocycles. The smallest absolute Gasteiger partial charge is 0.136 e. The van der Waals surface area contributed by atoms with E-state index in [1.165, 1.54) is 0 Å². The molecule has 0 N–H and O–H groups in total. The maximum atomic E-state index is 5.24. The first-order valence-corrected chi connectivity index (χ1v) is 4.83.